The van der Waals surface area contributed by atoms with Crippen molar-refractivity contribution in [1.82, 2.24) is 20.1 Å². The van der Waals surface area contributed by atoms with Gasteiger partial charge in [-0.25, -0.2) is 4.98 Å². The van der Waals surface area contributed by atoms with Crippen LogP contribution in [0.5, 0.6) is 0 Å². The van der Waals surface area contributed by atoms with Gasteiger partial charge in [0.15, 0.2) is 5.96 Å². The van der Waals surface area contributed by atoms with Crippen molar-refractivity contribution in [3.8, 4) is 0 Å². The van der Waals surface area contributed by atoms with Crippen molar-refractivity contribution >= 4 is 23.1 Å². The normalized spacial score (nSPS) is 19.6. The number of rotatable bonds is 6. The number of likely N-dealkylation sites (tertiary alicyclic amines) is 1. The van der Waals surface area contributed by atoms with Gasteiger partial charge in [-0.2, -0.15) is 0 Å². The van der Waals surface area contributed by atoms with E-state index in [0.717, 1.165) is 51.0 Å². The van der Waals surface area contributed by atoms with Crippen LogP contribution in [0.4, 0.5) is 5.82 Å². The molecule has 2 aromatic rings. The lowest BCUT2D eigenvalue weighted by Gasteiger charge is -2.37. The summed E-state index contributed by atoms with van der Waals surface area (Å²) in [5.41, 5.74) is 0. The Morgan fingerprint density at radius 3 is 2.59 bits per heavy atom. The van der Waals surface area contributed by atoms with Gasteiger partial charge < -0.3 is 15.1 Å². The van der Waals surface area contributed by atoms with E-state index in [-0.39, 0.29) is 0 Å². The maximum atomic E-state index is 5.10. The maximum absolute atomic E-state index is 5.10. The topological polar surface area (TPSA) is 47.0 Å². The Bertz CT molecular complexity index is 749. The van der Waals surface area contributed by atoms with Gasteiger partial charge in [0.1, 0.15) is 5.82 Å². The first-order valence-corrected chi connectivity index (χ1v) is 11.7. The number of piperazine rings is 1. The van der Waals surface area contributed by atoms with E-state index in [9.17, 15) is 0 Å². The summed E-state index contributed by atoms with van der Waals surface area (Å²) in [6, 6.07) is 11.0. The number of pyridine rings is 1. The zero-order chi connectivity index (χ0) is 19.9. The molecule has 29 heavy (non-hydrogen) atoms. The van der Waals surface area contributed by atoms with Crippen LogP contribution < -0.4 is 10.2 Å². The first-order chi connectivity index (χ1) is 14.3. The molecule has 2 fully saturated rings. The minimum absolute atomic E-state index is 0.404. The van der Waals surface area contributed by atoms with Gasteiger partial charge in [-0.05, 0) is 56.4 Å². The van der Waals surface area contributed by atoms with Gasteiger partial charge >= 0.3 is 0 Å². The molecule has 0 radical (unpaired) electrons. The smallest absolute Gasteiger partial charge is 0.194 e. The predicted molar refractivity (Wildman–Crippen MR) is 122 cm³/mol. The Hall–Kier alpha value is -2.12. The first-order valence-electron chi connectivity index (χ1n) is 10.8. The molecule has 0 saturated carbocycles. The average Bonchev–Trinajstić information content (AvgIpc) is 3.49. The molecule has 1 N–H and O–H groups in total. The molecule has 2 aliphatic heterocycles. The van der Waals surface area contributed by atoms with Crippen molar-refractivity contribution in [2.45, 2.75) is 25.8 Å². The van der Waals surface area contributed by atoms with Crippen LogP contribution in [0.3, 0.4) is 0 Å². The van der Waals surface area contributed by atoms with Gasteiger partial charge in [-0.1, -0.05) is 12.1 Å². The Morgan fingerprint density at radius 2 is 1.93 bits per heavy atom. The van der Waals surface area contributed by atoms with Crippen molar-refractivity contribution in [2.75, 3.05) is 57.3 Å². The van der Waals surface area contributed by atoms with Crippen LogP contribution in [-0.4, -0.2) is 73.1 Å². The van der Waals surface area contributed by atoms with Gasteiger partial charge in [0.05, 0.1) is 12.6 Å². The van der Waals surface area contributed by atoms with Crippen LogP contribution in [0.1, 0.15) is 30.7 Å². The number of aromatic nitrogens is 1. The van der Waals surface area contributed by atoms with E-state index in [1.807, 2.05) is 23.6 Å². The van der Waals surface area contributed by atoms with Crippen molar-refractivity contribution in [3.05, 3.63) is 46.8 Å². The van der Waals surface area contributed by atoms with Gasteiger partial charge in [-0.15, -0.1) is 11.3 Å². The Balaban J connectivity index is 1.42. The lowest BCUT2D eigenvalue weighted by molar-refractivity contribution is 0.254. The van der Waals surface area contributed by atoms with E-state index in [2.05, 4.69) is 61.6 Å². The average molecular weight is 413 g/mol. The molecular weight excluding hydrogens is 380 g/mol. The van der Waals surface area contributed by atoms with Crippen LogP contribution in [0.2, 0.25) is 0 Å². The number of nitrogens with one attached hydrogen (secondary N) is 1. The SMILES string of the molecule is CCNC(=NCC(c1cccs1)N1CCCC1)N1CCN(c2ccccn2)CC1. The van der Waals surface area contributed by atoms with Gasteiger partial charge in [0.2, 0.25) is 0 Å². The zero-order valence-corrected chi connectivity index (χ0v) is 18.2. The highest BCUT2D eigenvalue weighted by atomic mass is 32.1. The highest BCUT2D eigenvalue weighted by Crippen LogP contribution is 2.28. The summed E-state index contributed by atoms with van der Waals surface area (Å²) in [4.78, 5) is 18.4. The van der Waals surface area contributed by atoms with Crippen molar-refractivity contribution in [1.29, 1.82) is 0 Å². The van der Waals surface area contributed by atoms with E-state index in [0.29, 0.717) is 6.04 Å². The summed E-state index contributed by atoms with van der Waals surface area (Å²) in [5.74, 6) is 2.12. The van der Waals surface area contributed by atoms with Crippen LogP contribution in [-0.2, 0) is 0 Å². The third kappa shape index (κ3) is 5.08. The molecule has 2 aliphatic rings. The summed E-state index contributed by atoms with van der Waals surface area (Å²) in [5, 5.41) is 5.71. The standard InChI is InChI=1S/C22H32N6S/c1-2-23-22(28-15-13-27(14-16-28)21-9-3-4-10-24-21)25-18-19(20-8-7-17-29-20)26-11-5-6-12-26/h3-4,7-10,17,19H,2,5-6,11-16,18H2,1H3,(H,23,25). The van der Waals surface area contributed by atoms with E-state index in [4.69, 9.17) is 4.99 Å². The van der Waals surface area contributed by atoms with Crippen molar-refractivity contribution in [2.24, 2.45) is 4.99 Å². The monoisotopic (exact) mass is 412 g/mol. The summed E-state index contributed by atoms with van der Waals surface area (Å²) in [6.45, 7) is 10.1. The van der Waals surface area contributed by atoms with Crippen LogP contribution in [0.25, 0.3) is 0 Å². The second kappa shape index (κ2) is 10.1. The number of aliphatic imine (C=N–C) groups is 1. The number of hydrogen-bond donors (Lipinski definition) is 1. The summed E-state index contributed by atoms with van der Waals surface area (Å²) in [7, 11) is 0. The molecule has 0 bridgehead atoms. The minimum atomic E-state index is 0.404. The van der Waals surface area contributed by atoms with E-state index in [1.54, 1.807) is 0 Å². The Kier molecular flexibility index (Phi) is 7.00. The van der Waals surface area contributed by atoms with Crippen LogP contribution in [0, 0.1) is 0 Å². The Morgan fingerprint density at radius 1 is 1.10 bits per heavy atom. The van der Waals surface area contributed by atoms with Crippen molar-refractivity contribution < 1.29 is 0 Å². The molecule has 0 amide bonds. The number of hydrogen-bond acceptors (Lipinski definition) is 5. The minimum Gasteiger partial charge on any atom is -0.357 e. The highest BCUT2D eigenvalue weighted by molar-refractivity contribution is 7.10. The first kappa shape index (κ1) is 20.2. The second-order valence-electron chi connectivity index (χ2n) is 7.63. The largest absolute Gasteiger partial charge is 0.357 e. The quantitative estimate of drug-likeness (QED) is 0.584. The second-order valence-corrected chi connectivity index (χ2v) is 8.61. The van der Waals surface area contributed by atoms with E-state index >= 15 is 0 Å². The molecule has 4 heterocycles. The van der Waals surface area contributed by atoms with Gasteiger partial charge in [-0.3, -0.25) is 9.89 Å². The fraction of sp³-hybridized carbons (Fsp3) is 0.545. The Labute approximate surface area is 178 Å². The van der Waals surface area contributed by atoms with E-state index < -0.39 is 0 Å². The van der Waals surface area contributed by atoms with E-state index in [1.165, 1.54) is 30.8 Å². The third-order valence-corrected chi connectivity index (χ3v) is 6.73. The molecule has 0 spiro atoms. The van der Waals surface area contributed by atoms with Crippen LogP contribution >= 0.6 is 11.3 Å². The molecule has 1 atom stereocenters. The number of anilines is 1. The fourth-order valence-electron chi connectivity index (χ4n) is 4.21. The molecule has 1 unspecified atom stereocenters. The number of thiophene rings is 1. The molecule has 0 aliphatic carbocycles. The molecule has 4 rings (SSSR count). The molecule has 0 aromatic carbocycles. The van der Waals surface area contributed by atoms with Gasteiger partial charge in [0.25, 0.3) is 0 Å². The lowest BCUT2D eigenvalue weighted by atomic mass is 10.2. The summed E-state index contributed by atoms with van der Waals surface area (Å²) >= 11 is 1.86. The summed E-state index contributed by atoms with van der Waals surface area (Å²) in [6.07, 6.45) is 4.48. The molecule has 6 nitrogen and oxygen atoms in total. The number of guanidine groups is 1. The third-order valence-electron chi connectivity index (χ3n) is 5.75. The summed E-state index contributed by atoms with van der Waals surface area (Å²) < 4.78 is 0. The van der Waals surface area contributed by atoms with Crippen molar-refractivity contribution in [3.63, 3.8) is 0 Å². The predicted octanol–water partition coefficient (Wildman–Crippen LogP) is 3.07. The highest BCUT2D eigenvalue weighted by Gasteiger charge is 2.25. The number of nitrogens with zero attached hydrogens (tertiary/aromatic N) is 5. The molecule has 7 heteroatoms. The molecule has 2 saturated heterocycles. The lowest BCUT2D eigenvalue weighted by Crippen LogP contribution is -2.53. The molecular formula is C22H32N6S. The molecule has 2 aromatic heterocycles. The molecule has 156 valence electrons. The van der Waals surface area contributed by atoms with Gasteiger partial charge in [0, 0.05) is 43.8 Å². The van der Waals surface area contributed by atoms with Crippen LogP contribution in [0.15, 0.2) is 46.9 Å². The fourth-order valence-corrected chi connectivity index (χ4v) is 5.06. The zero-order valence-electron chi connectivity index (χ0n) is 17.3. The maximum Gasteiger partial charge on any atom is 0.194 e.